The first kappa shape index (κ1) is 22.7. The topological polar surface area (TPSA) is 67.2 Å². The van der Waals surface area contributed by atoms with Gasteiger partial charge in [-0.1, -0.05) is 35.9 Å². The van der Waals surface area contributed by atoms with E-state index in [-0.39, 0.29) is 17.8 Å². The molecule has 0 bridgehead atoms. The van der Waals surface area contributed by atoms with Gasteiger partial charge in [-0.05, 0) is 42.5 Å². The molecule has 0 aliphatic carbocycles. The molecule has 9 heteroatoms. The summed E-state index contributed by atoms with van der Waals surface area (Å²) in [5.74, 6) is 0.294. The van der Waals surface area contributed by atoms with Crippen LogP contribution < -0.4 is 5.32 Å². The number of anilines is 2. The maximum Gasteiger partial charge on any atom is 0.417 e. The molecule has 1 aromatic heterocycles. The van der Waals surface area contributed by atoms with Crippen LogP contribution in [0.5, 0.6) is 0 Å². The smallest absolute Gasteiger partial charge is 0.324 e. The Bertz CT molecular complexity index is 1470. The zero-order valence-corrected chi connectivity index (χ0v) is 18.7. The molecule has 0 saturated carbocycles. The van der Waals surface area contributed by atoms with Crippen molar-refractivity contribution in [2.75, 3.05) is 5.32 Å². The number of nitrogens with one attached hydrogen (secondary N) is 1. The zero-order valence-electron chi connectivity index (χ0n) is 18.0. The first-order valence-corrected chi connectivity index (χ1v) is 10.9. The minimum absolute atomic E-state index is 0.0297. The van der Waals surface area contributed by atoms with Crippen LogP contribution in [-0.2, 0) is 12.7 Å². The van der Waals surface area contributed by atoms with Crippen molar-refractivity contribution < 1.29 is 18.0 Å². The van der Waals surface area contributed by atoms with Gasteiger partial charge in [-0.15, -0.1) is 0 Å². The van der Waals surface area contributed by atoms with Gasteiger partial charge in [0.15, 0.2) is 0 Å². The fourth-order valence-electron chi connectivity index (χ4n) is 3.93. The highest BCUT2D eigenvalue weighted by Gasteiger charge is 2.35. The number of aldehydes is 1. The van der Waals surface area contributed by atoms with Gasteiger partial charge in [0.1, 0.15) is 6.29 Å². The normalized spacial score (nSPS) is 12.7. The van der Waals surface area contributed by atoms with Crippen molar-refractivity contribution in [2.45, 2.75) is 12.7 Å². The van der Waals surface area contributed by atoms with Crippen molar-refractivity contribution in [3.8, 4) is 11.3 Å². The Hall–Kier alpha value is -4.04. The molecule has 0 spiro atoms. The lowest BCUT2D eigenvalue weighted by atomic mass is 9.92. The van der Waals surface area contributed by atoms with E-state index in [1.165, 1.54) is 12.1 Å². The summed E-state index contributed by atoms with van der Waals surface area (Å²) in [4.78, 5) is 24.4. The van der Waals surface area contributed by atoms with Crippen LogP contribution in [0.1, 0.15) is 32.6 Å². The van der Waals surface area contributed by atoms with E-state index in [1.54, 1.807) is 54.7 Å². The average Bonchev–Trinajstić information content (AvgIpc) is 3.00. The third-order valence-corrected chi connectivity index (χ3v) is 5.79. The van der Waals surface area contributed by atoms with Crippen molar-refractivity contribution in [3.63, 3.8) is 0 Å². The number of alkyl halides is 3. The van der Waals surface area contributed by atoms with E-state index in [0.717, 1.165) is 12.4 Å². The summed E-state index contributed by atoms with van der Waals surface area (Å²) in [6.07, 6.45) is -2.20. The molecule has 4 aromatic rings. The average molecular weight is 493 g/mol. The molecule has 0 radical (unpaired) electrons. The molecule has 1 N–H and O–H groups in total. The molecule has 174 valence electrons. The van der Waals surface area contributed by atoms with Crippen molar-refractivity contribution in [1.82, 2.24) is 9.97 Å². The lowest BCUT2D eigenvalue weighted by Gasteiger charge is -2.16. The summed E-state index contributed by atoms with van der Waals surface area (Å²) in [6.45, 7) is 0.0947. The molecule has 0 amide bonds. The number of carbonyl (C=O) groups is 1. The molecule has 3 aromatic carbocycles. The van der Waals surface area contributed by atoms with Gasteiger partial charge in [0.25, 0.3) is 0 Å². The molecule has 2 heterocycles. The first-order valence-electron chi connectivity index (χ1n) is 10.5. The highest BCUT2D eigenvalue weighted by molar-refractivity contribution is 6.31. The molecule has 1 aliphatic rings. The third-order valence-electron chi connectivity index (χ3n) is 5.55. The van der Waals surface area contributed by atoms with Gasteiger partial charge < -0.3 is 5.32 Å². The second kappa shape index (κ2) is 8.96. The third kappa shape index (κ3) is 4.52. The summed E-state index contributed by atoms with van der Waals surface area (Å²) in [5.41, 5.74) is 2.85. The molecular weight excluding hydrogens is 477 g/mol. The number of hydrogen-bond acceptors (Lipinski definition) is 5. The van der Waals surface area contributed by atoms with Gasteiger partial charge in [-0.2, -0.15) is 13.2 Å². The van der Waals surface area contributed by atoms with Crippen molar-refractivity contribution in [3.05, 3.63) is 106 Å². The quantitative estimate of drug-likeness (QED) is 0.321. The second-order valence-corrected chi connectivity index (χ2v) is 8.27. The number of aliphatic imine (C=N–C) groups is 1. The van der Waals surface area contributed by atoms with E-state index in [1.807, 2.05) is 0 Å². The predicted octanol–water partition coefficient (Wildman–Crippen LogP) is 6.72. The Kier molecular flexibility index (Phi) is 5.82. The van der Waals surface area contributed by atoms with Gasteiger partial charge in [0.05, 0.1) is 23.5 Å². The predicted molar refractivity (Wildman–Crippen MR) is 128 cm³/mol. The molecule has 5 nitrogen and oxygen atoms in total. The van der Waals surface area contributed by atoms with E-state index in [4.69, 9.17) is 11.6 Å². The standard InChI is InChI=1S/C26H16ClF3N4O/c27-17-7-10-19-21(11-17)24(20-3-1-2-4-22(20)26(28,29)30)31-12-16-13-32-25(34-23(16)19)33-18-8-5-15(14-35)6-9-18/h1-11,13-14H,12H2,(H,32,33,34). The monoisotopic (exact) mass is 492 g/mol. The fraction of sp³-hybridized carbons (Fsp3) is 0.0769. The Morgan fingerprint density at radius 3 is 2.46 bits per heavy atom. The number of fused-ring (bicyclic) bond motifs is 3. The summed E-state index contributed by atoms with van der Waals surface area (Å²) in [6, 6.07) is 17.1. The van der Waals surface area contributed by atoms with E-state index < -0.39 is 11.7 Å². The van der Waals surface area contributed by atoms with Crippen molar-refractivity contribution in [1.29, 1.82) is 0 Å². The SMILES string of the molecule is O=Cc1ccc(Nc2ncc3c(n2)-c2ccc(Cl)cc2C(c2ccccc2C(F)(F)F)=NC3)cc1. The molecule has 1 aliphatic heterocycles. The van der Waals surface area contributed by atoms with Gasteiger partial charge in [-0.3, -0.25) is 9.79 Å². The summed E-state index contributed by atoms with van der Waals surface area (Å²) < 4.78 is 41.4. The van der Waals surface area contributed by atoms with E-state index >= 15 is 0 Å². The number of rotatable bonds is 4. The summed E-state index contributed by atoms with van der Waals surface area (Å²) in [7, 11) is 0. The molecule has 0 saturated heterocycles. The van der Waals surface area contributed by atoms with Crippen LogP contribution in [0.3, 0.4) is 0 Å². The van der Waals surface area contributed by atoms with Crippen molar-refractivity contribution >= 4 is 35.2 Å². The van der Waals surface area contributed by atoms with Gasteiger partial charge in [0.2, 0.25) is 5.95 Å². The Labute approximate surface area is 203 Å². The number of aromatic nitrogens is 2. The number of hydrogen-bond donors (Lipinski definition) is 1. The van der Waals surface area contributed by atoms with E-state index in [0.29, 0.717) is 44.6 Å². The zero-order chi connectivity index (χ0) is 24.6. The maximum absolute atomic E-state index is 13.8. The fourth-order valence-corrected chi connectivity index (χ4v) is 4.10. The van der Waals surface area contributed by atoms with Crippen LogP contribution >= 0.6 is 11.6 Å². The first-order chi connectivity index (χ1) is 16.8. The summed E-state index contributed by atoms with van der Waals surface area (Å²) in [5, 5.41) is 3.46. The number of halogens is 4. The van der Waals surface area contributed by atoms with Gasteiger partial charge in [-0.25, -0.2) is 9.97 Å². The van der Waals surface area contributed by atoms with Crippen LogP contribution in [0, 0.1) is 0 Å². The Morgan fingerprint density at radius 2 is 1.71 bits per heavy atom. The minimum Gasteiger partial charge on any atom is -0.324 e. The Morgan fingerprint density at radius 1 is 0.943 bits per heavy atom. The molecule has 0 fully saturated rings. The second-order valence-electron chi connectivity index (χ2n) is 7.83. The van der Waals surface area contributed by atoms with Crippen molar-refractivity contribution in [2.24, 2.45) is 4.99 Å². The van der Waals surface area contributed by atoms with Crippen LogP contribution in [-0.4, -0.2) is 22.0 Å². The molecule has 0 unspecified atom stereocenters. The van der Waals surface area contributed by atoms with Crippen LogP contribution in [0.15, 0.2) is 77.9 Å². The van der Waals surface area contributed by atoms with Crippen LogP contribution in [0.2, 0.25) is 5.02 Å². The maximum atomic E-state index is 13.8. The summed E-state index contributed by atoms with van der Waals surface area (Å²) >= 11 is 6.26. The van der Waals surface area contributed by atoms with Gasteiger partial charge in [0, 0.05) is 44.7 Å². The molecule has 35 heavy (non-hydrogen) atoms. The van der Waals surface area contributed by atoms with Gasteiger partial charge >= 0.3 is 6.18 Å². The minimum atomic E-state index is -4.55. The number of benzene rings is 3. The Balaban J connectivity index is 1.62. The lowest BCUT2D eigenvalue weighted by molar-refractivity contribution is -0.137. The molecular formula is C26H16ClF3N4O. The van der Waals surface area contributed by atoms with Crippen LogP contribution in [0.25, 0.3) is 11.3 Å². The molecule has 0 atom stereocenters. The van der Waals surface area contributed by atoms with Crippen LogP contribution in [0.4, 0.5) is 24.8 Å². The van der Waals surface area contributed by atoms with E-state index in [2.05, 4.69) is 20.3 Å². The highest BCUT2D eigenvalue weighted by atomic mass is 35.5. The highest BCUT2D eigenvalue weighted by Crippen LogP contribution is 2.37. The number of nitrogens with zero attached hydrogens (tertiary/aromatic N) is 3. The molecule has 5 rings (SSSR count). The van der Waals surface area contributed by atoms with E-state index in [9.17, 15) is 18.0 Å². The lowest BCUT2D eigenvalue weighted by Crippen LogP contribution is -2.15. The largest absolute Gasteiger partial charge is 0.417 e. The number of carbonyl (C=O) groups excluding carboxylic acids is 1.